The zero-order valence-electron chi connectivity index (χ0n) is 7.58. The second-order valence-corrected chi connectivity index (χ2v) is 3.64. The maximum atomic E-state index is 11.6. The summed E-state index contributed by atoms with van der Waals surface area (Å²) in [5.74, 6) is 0.205. The summed E-state index contributed by atoms with van der Waals surface area (Å²) in [4.78, 5) is 11.6. The molecule has 2 aromatic rings. The summed E-state index contributed by atoms with van der Waals surface area (Å²) >= 11 is 0. The molecule has 0 unspecified atom stereocenters. The van der Waals surface area contributed by atoms with Crippen molar-refractivity contribution in [3.63, 3.8) is 0 Å². The predicted molar refractivity (Wildman–Crippen MR) is 56.4 cm³/mol. The lowest BCUT2D eigenvalue weighted by Crippen LogP contribution is -1.94. The predicted octanol–water partition coefficient (Wildman–Crippen LogP) is 2.16. The van der Waals surface area contributed by atoms with Crippen LogP contribution in [0, 0.1) is 0 Å². The SMILES string of the molecule is Nc1ccc2c3c(cccc13)CC2=O. The molecular weight excluding hydrogens is 174 g/mol. The maximum absolute atomic E-state index is 11.6. The summed E-state index contributed by atoms with van der Waals surface area (Å²) in [6.07, 6.45) is 0.524. The molecule has 0 bridgehead atoms. The first-order chi connectivity index (χ1) is 6.77. The van der Waals surface area contributed by atoms with Crippen molar-refractivity contribution in [1.29, 1.82) is 0 Å². The van der Waals surface area contributed by atoms with E-state index in [0.717, 1.165) is 27.6 Å². The Morgan fingerprint density at radius 2 is 2.00 bits per heavy atom. The molecule has 0 heterocycles. The van der Waals surface area contributed by atoms with Crippen molar-refractivity contribution in [3.8, 4) is 0 Å². The van der Waals surface area contributed by atoms with Gasteiger partial charge in [-0.1, -0.05) is 18.2 Å². The van der Waals surface area contributed by atoms with Gasteiger partial charge in [-0.15, -0.1) is 0 Å². The van der Waals surface area contributed by atoms with Crippen LogP contribution in [0.15, 0.2) is 30.3 Å². The summed E-state index contributed by atoms with van der Waals surface area (Å²) < 4.78 is 0. The van der Waals surface area contributed by atoms with Crippen LogP contribution in [-0.4, -0.2) is 5.78 Å². The standard InChI is InChI=1S/C12H9NO/c13-10-5-4-9-11(14)6-7-2-1-3-8(10)12(7)9/h1-5H,6,13H2. The molecule has 2 aromatic carbocycles. The molecule has 0 saturated carbocycles. The van der Waals surface area contributed by atoms with Gasteiger partial charge in [0.25, 0.3) is 0 Å². The molecule has 3 rings (SSSR count). The fraction of sp³-hybridized carbons (Fsp3) is 0.0833. The minimum absolute atomic E-state index is 0.205. The molecule has 0 saturated heterocycles. The van der Waals surface area contributed by atoms with Crippen LogP contribution in [0.25, 0.3) is 10.8 Å². The molecule has 14 heavy (non-hydrogen) atoms. The van der Waals surface area contributed by atoms with Crippen molar-refractivity contribution >= 4 is 22.2 Å². The van der Waals surface area contributed by atoms with Crippen molar-refractivity contribution in [2.45, 2.75) is 6.42 Å². The van der Waals surface area contributed by atoms with E-state index in [1.165, 1.54) is 0 Å². The van der Waals surface area contributed by atoms with E-state index in [0.29, 0.717) is 6.42 Å². The van der Waals surface area contributed by atoms with Crippen LogP contribution in [0.5, 0.6) is 0 Å². The quantitative estimate of drug-likeness (QED) is 0.636. The molecule has 2 nitrogen and oxygen atoms in total. The van der Waals surface area contributed by atoms with E-state index < -0.39 is 0 Å². The third-order valence-electron chi connectivity index (χ3n) is 2.81. The highest BCUT2D eigenvalue weighted by molar-refractivity contribution is 6.17. The minimum atomic E-state index is 0.205. The van der Waals surface area contributed by atoms with Crippen LogP contribution in [0.3, 0.4) is 0 Å². The largest absolute Gasteiger partial charge is 0.398 e. The summed E-state index contributed by atoms with van der Waals surface area (Å²) in [7, 11) is 0. The Balaban J connectivity index is 2.59. The number of rotatable bonds is 0. The lowest BCUT2D eigenvalue weighted by Gasteiger charge is -2.03. The Bertz CT molecular complexity index is 557. The van der Waals surface area contributed by atoms with Gasteiger partial charge in [0, 0.05) is 23.1 Å². The van der Waals surface area contributed by atoms with Gasteiger partial charge in [-0.05, 0) is 23.1 Å². The molecule has 1 aliphatic rings. The normalized spacial score (nSPS) is 13.9. The van der Waals surface area contributed by atoms with E-state index in [-0.39, 0.29) is 5.78 Å². The maximum Gasteiger partial charge on any atom is 0.167 e. The van der Waals surface area contributed by atoms with Crippen molar-refractivity contribution < 1.29 is 4.79 Å². The second-order valence-electron chi connectivity index (χ2n) is 3.64. The molecule has 0 atom stereocenters. The molecule has 1 aliphatic carbocycles. The average molecular weight is 183 g/mol. The van der Waals surface area contributed by atoms with E-state index in [1.807, 2.05) is 30.3 Å². The summed E-state index contributed by atoms with van der Waals surface area (Å²) in [6, 6.07) is 9.56. The van der Waals surface area contributed by atoms with E-state index in [2.05, 4.69) is 0 Å². The third-order valence-corrected chi connectivity index (χ3v) is 2.81. The summed E-state index contributed by atoms with van der Waals surface area (Å²) in [6.45, 7) is 0. The van der Waals surface area contributed by atoms with Gasteiger partial charge in [0.05, 0.1) is 0 Å². The number of carbonyl (C=O) groups excluding carboxylic acids is 1. The number of Topliss-reactive ketones (excluding diaryl/α,β-unsaturated/α-hetero) is 1. The highest BCUT2D eigenvalue weighted by Gasteiger charge is 2.21. The molecule has 2 N–H and O–H groups in total. The summed E-state index contributed by atoms with van der Waals surface area (Å²) in [5.41, 5.74) is 8.54. The molecule has 0 fully saturated rings. The molecule has 2 heteroatoms. The third kappa shape index (κ3) is 0.777. The van der Waals surface area contributed by atoms with Crippen LogP contribution >= 0.6 is 0 Å². The van der Waals surface area contributed by atoms with Gasteiger partial charge in [-0.3, -0.25) is 4.79 Å². The zero-order chi connectivity index (χ0) is 9.71. The van der Waals surface area contributed by atoms with Crippen molar-refractivity contribution in [1.82, 2.24) is 0 Å². The topological polar surface area (TPSA) is 43.1 Å². The van der Waals surface area contributed by atoms with Gasteiger partial charge in [-0.25, -0.2) is 0 Å². The van der Waals surface area contributed by atoms with Crippen LogP contribution in [0.2, 0.25) is 0 Å². The number of benzene rings is 2. The van der Waals surface area contributed by atoms with Crippen molar-refractivity contribution in [2.75, 3.05) is 5.73 Å². The van der Waals surface area contributed by atoms with Gasteiger partial charge in [0.1, 0.15) is 0 Å². The first-order valence-electron chi connectivity index (χ1n) is 4.60. The van der Waals surface area contributed by atoms with Gasteiger partial charge in [0.2, 0.25) is 0 Å². The van der Waals surface area contributed by atoms with E-state index in [4.69, 9.17) is 5.73 Å². The van der Waals surface area contributed by atoms with E-state index in [1.54, 1.807) is 0 Å². The molecule has 0 radical (unpaired) electrons. The zero-order valence-corrected chi connectivity index (χ0v) is 7.58. The van der Waals surface area contributed by atoms with Crippen molar-refractivity contribution in [2.24, 2.45) is 0 Å². The highest BCUT2D eigenvalue weighted by Crippen LogP contribution is 2.33. The molecule has 68 valence electrons. The number of ketones is 1. The van der Waals surface area contributed by atoms with Crippen LogP contribution in [-0.2, 0) is 6.42 Å². The smallest absolute Gasteiger partial charge is 0.167 e. The van der Waals surface area contributed by atoms with E-state index in [9.17, 15) is 4.79 Å². The molecule has 0 aromatic heterocycles. The first-order valence-corrected chi connectivity index (χ1v) is 4.60. The van der Waals surface area contributed by atoms with Gasteiger partial charge >= 0.3 is 0 Å². The number of hydrogen-bond donors (Lipinski definition) is 1. The Labute approximate surface area is 81.3 Å². The molecule has 0 aliphatic heterocycles. The monoisotopic (exact) mass is 183 g/mol. The Morgan fingerprint density at radius 3 is 2.86 bits per heavy atom. The highest BCUT2D eigenvalue weighted by atomic mass is 16.1. The summed E-state index contributed by atoms with van der Waals surface area (Å²) in [5, 5.41) is 2.06. The number of hydrogen-bond acceptors (Lipinski definition) is 2. The first kappa shape index (κ1) is 7.56. The lowest BCUT2D eigenvalue weighted by molar-refractivity contribution is 0.1000. The number of anilines is 1. The van der Waals surface area contributed by atoms with Crippen LogP contribution in [0.4, 0.5) is 5.69 Å². The molecular formula is C12H9NO. The Hall–Kier alpha value is -1.83. The molecule has 0 spiro atoms. The number of nitrogens with two attached hydrogens (primary N) is 1. The lowest BCUT2D eigenvalue weighted by atomic mass is 10.0. The fourth-order valence-electron chi connectivity index (χ4n) is 2.15. The molecule has 0 amide bonds. The van der Waals surface area contributed by atoms with Gasteiger partial charge in [-0.2, -0.15) is 0 Å². The van der Waals surface area contributed by atoms with E-state index >= 15 is 0 Å². The van der Waals surface area contributed by atoms with Crippen LogP contribution in [0.1, 0.15) is 15.9 Å². The Morgan fingerprint density at radius 1 is 1.14 bits per heavy atom. The van der Waals surface area contributed by atoms with Crippen LogP contribution < -0.4 is 5.73 Å². The number of nitrogen functional groups attached to an aromatic ring is 1. The average Bonchev–Trinajstić information content (AvgIpc) is 2.50. The fourth-order valence-corrected chi connectivity index (χ4v) is 2.15. The number of carbonyl (C=O) groups is 1. The van der Waals surface area contributed by atoms with Gasteiger partial charge < -0.3 is 5.73 Å². The van der Waals surface area contributed by atoms with Gasteiger partial charge in [0.15, 0.2) is 5.78 Å². The Kier molecular flexibility index (Phi) is 1.27. The minimum Gasteiger partial charge on any atom is -0.398 e. The van der Waals surface area contributed by atoms with Crippen molar-refractivity contribution in [3.05, 3.63) is 41.5 Å². The second kappa shape index (κ2) is 2.35.